The lowest BCUT2D eigenvalue weighted by Gasteiger charge is -2.22. The largest absolute Gasteiger partial charge is 0.374 e. The minimum Gasteiger partial charge on any atom is -0.374 e. The van der Waals surface area contributed by atoms with Crippen molar-refractivity contribution >= 4 is 11.6 Å². The van der Waals surface area contributed by atoms with Gasteiger partial charge in [0.25, 0.3) is 0 Å². The molecule has 0 bridgehead atoms. The van der Waals surface area contributed by atoms with Crippen molar-refractivity contribution in [2.45, 2.75) is 59.2 Å². The Morgan fingerprint density at radius 2 is 2.06 bits per heavy atom. The highest BCUT2D eigenvalue weighted by atomic mass is 35.5. The lowest BCUT2D eigenvalue weighted by molar-refractivity contribution is -0.0100. The van der Waals surface area contributed by atoms with Crippen LogP contribution >= 0.6 is 11.6 Å². The molecule has 0 aliphatic rings. The average molecular weight is 274 g/mol. The van der Waals surface area contributed by atoms with E-state index in [9.17, 15) is 0 Å². The van der Waals surface area contributed by atoms with E-state index in [1.54, 1.807) is 0 Å². The van der Waals surface area contributed by atoms with Gasteiger partial charge in [0.15, 0.2) is 0 Å². The molecule has 1 aromatic rings. The van der Waals surface area contributed by atoms with E-state index >= 15 is 0 Å². The van der Waals surface area contributed by atoms with Gasteiger partial charge < -0.3 is 10.5 Å². The van der Waals surface area contributed by atoms with Crippen molar-refractivity contribution in [2.75, 3.05) is 6.61 Å². The molecule has 0 radical (unpaired) electrons. The third-order valence-electron chi connectivity index (χ3n) is 2.64. The molecule has 1 atom stereocenters. The van der Waals surface area contributed by atoms with E-state index in [0.717, 1.165) is 23.0 Å². The van der Waals surface area contributed by atoms with Crippen molar-refractivity contribution in [2.24, 2.45) is 5.73 Å². The van der Waals surface area contributed by atoms with Gasteiger partial charge in [-0.15, -0.1) is 0 Å². The first kappa shape index (κ1) is 15.5. The van der Waals surface area contributed by atoms with Crippen molar-refractivity contribution in [3.8, 4) is 0 Å². The van der Waals surface area contributed by atoms with Gasteiger partial charge in [0, 0.05) is 19.0 Å². The Kier molecular flexibility index (Phi) is 5.20. The summed E-state index contributed by atoms with van der Waals surface area (Å²) >= 11 is 6.25. The van der Waals surface area contributed by atoms with Crippen molar-refractivity contribution in [3.05, 3.63) is 16.4 Å². The molecule has 0 spiro atoms. The van der Waals surface area contributed by atoms with Crippen molar-refractivity contribution in [3.63, 3.8) is 0 Å². The Morgan fingerprint density at radius 1 is 1.44 bits per heavy atom. The number of nitrogens with two attached hydrogens (primary N) is 1. The molecule has 0 fully saturated rings. The summed E-state index contributed by atoms with van der Waals surface area (Å²) in [5.74, 6) is 0. The Hall–Kier alpha value is -0.580. The first-order valence-electron chi connectivity index (χ1n) is 6.36. The van der Waals surface area contributed by atoms with E-state index in [1.165, 1.54) is 0 Å². The van der Waals surface area contributed by atoms with Crippen LogP contribution in [0.25, 0.3) is 0 Å². The molecule has 2 N–H and O–H groups in total. The van der Waals surface area contributed by atoms with Gasteiger partial charge in [-0.05, 0) is 34.6 Å². The predicted octanol–water partition coefficient (Wildman–Crippen LogP) is 2.55. The third kappa shape index (κ3) is 4.26. The summed E-state index contributed by atoms with van der Waals surface area (Å²) in [5, 5.41) is 5.10. The molecule has 1 heterocycles. The highest BCUT2D eigenvalue weighted by Gasteiger charge is 2.18. The first-order valence-corrected chi connectivity index (χ1v) is 6.73. The fraction of sp³-hybridized carbons (Fsp3) is 0.769. The summed E-state index contributed by atoms with van der Waals surface area (Å²) in [4.78, 5) is 0. The third-order valence-corrected chi connectivity index (χ3v) is 3.13. The molecule has 5 heteroatoms. The van der Waals surface area contributed by atoms with Gasteiger partial charge >= 0.3 is 0 Å². The van der Waals surface area contributed by atoms with Gasteiger partial charge in [0.05, 0.1) is 28.6 Å². The maximum Gasteiger partial charge on any atom is 0.0847 e. The Bertz CT molecular complexity index is 396. The topological polar surface area (TPSA) is 53.1 Å². The van der Waals surface area contributed by atoms with Crippen LogP contribution in [0.15, 0.2) is 0 Å². The van der Waals surface area contributed by atoms with Crippen LogP contribution in [0.1, 0.15) is 39.1 Å². The number of aromatic nitrogens is 2. The summed E-state index contributed by atoms with van der Waals surface area (Å²) < 4.78 is 7.60. The highest BCUT2D eigenvalue weighted by molar-refractivity contribution is 6.31. The molecule has 4 nitrogen and oxygen atoms in total. The van der Waals surface area contributed by atoms with Crippen LogP contribution in [0.3, 0.4) is 0 Å². The Morgan fingerprint density at radius 3 is 2.56 bits per heavy atom. The predicted molar refractivity (Wildman–Crippen MR) is 75.0 cm³/mol. The number of halogens is 1. The molecular weight excluding hydrogens is 250 g/mol. The molecule has 0 saturated carbocycles. The summed E-state index contributed by atoms with van der Waals surface area (Å²) in [6.45, 7) is 11.3. The highest BCUT2D eigenvalue weighted by Crippen LogP contribution is 2.21. The molecule has 0 saturated heterocycles. The zero-order chi connectivity index (χ0) is 13.9. The monoisotopic (exact) mass is 273 g/mol. The molecule has 1 rings (SSSR count). The van der Waals surface area contributed by atoms with E-state index in [-0.39, 0.29) is 11.6 Å². The number of aryl methyl sites for hydroxylation is 2. The standard InChI is InChI=1S/C13H24ClN3O/c1-6-17-11(12(14)9(2)16-17)7-10(15)8-18-13(3,4)5/h10H,6-8,15H2,1-5H3. The minimum atomic E-state index is -0.164. The molecule has 18 heavy (non-hydrogen) atoms. The van der Waals surface area contributed by atoms with Crippen LogP contribution < -0.4 is 5.73 Å². The maximum absolute atomic E-state index is 6.25. The number of hydrogen-bond donors (Lipinski definition) is 1. The zero-order valence-electron chi connectivity index (χ0n) is 12.0. The Balaban J connectivity index is 2.67. The lowest BCUT2D eigenvalue weighted by Crippen LogP contribution is -2.34. The molecule has 1 aromatic heterocycles. The molecule has 0 amide bonds. The summed E-state index contributed by atoms with van der Waals surface area (Å²) in [6, 6.07) is -0.0666. The van der Waals surface area contributed by atoms with Gasteiger partial charge in [-0.25, -0.2) is 0 Å². The van der Waals surface area contributed by atoms with E-state index in [1.807, 2.05) is 39.3 Å². The smallest absolute Gasteiger partial charge is 0.0847 e. The number of hydrogen-bond acceptors (Lipinski definition) is 3. The van der Waals surface area contributed by atoms with Crippen LogP contribution in [0.5, 0.6) is 0 Å². The number of rotatable bonds is 5. The quantitative estimate of drug-likeness (QED) is 0.897. The second-order valence-electron chi connectivity index (χ2n) is 5.55. The lowest BCUT2D eigenvalue weighted by atomic mass is 10.1. The van der Waals surface area contributed by atoms with Crippen LogP contribution in [-0.2, 0) is 17.7 Å². The van der Waals surface area contributed by atoms with Crippen LogP contribution in [-0.4, -0.2) is 28.0 Å². The number of nitrogens with zero attached hydrogens (tertiary/aromatic N) is 2. The van der Waals surface area contributed by atoms with E-state index < -0.39 is 0 Å². The summed E-state index contributed by atoms with van der Waals surface area (Å²) in [7, 11) is 0. The van der Waals surface area contributed by atoms with Crippen molar-refractivity contribution < 1.29 is 4.74 Å². The van der Waals surface area contributed by atoms with E-state index in [2.05, 4.69) is 5.10 Å². The Labute approximate surface area is 114 Å². The fourth-order valence-corrected chi connectivity index (χ4v) is 1.94. The van der Waals surface area contributed by atoms with Crippen LogP contribution in [0, 0.1) is 6.92 Å². The summed E-state index contributed by atoms with van der Waals surface area (Å²) in [6.07, 6.45) is 0.684. The zero-order valence-corrected chi connectivity index (χ0v) is 12.7. The second-order valence-corrected chi connectivity index (χ2v) is 5.93. The molecule has 104 valence electrons. The molecule has 1 unspecified atom stereocenters. The van der Waals surface area contributed by atoms with Gasteiger partial charge in [0.1, 0.15) is 0 Å². The molecule has 0 aliphatic heterocycles. The van der Waals surface area contributed by atoms with Crippen LogP contribution in [0.4, 0.5) is 0 Å². The maximum atomic E-state index is 6.25. The van der Waals surface area contributed by atoms with Gasteiger partial charge in [-0.2, -0.15) is 5.10 Å². The van der Waals surface area contributed by atoms with Crippen molar-refractivity contribution in [1.82, 2.24) is 9.78 Å². The normalized spacial score (nSPS) is 13.9. The average Bonchev–Trinajstić information content (AvgIpc) is 2.53. The van der Waals surface area contributed by atoms with Crippen LogP contribution in [0.2, 0.25) is 5.02 Å². The molecule has 0 aromatic carbocycles. The SMILES string of the molecule is CCn1nc(C)c(Cl)c1CC(N)COC(C)(C)C. The van der Waals surface area contributed by atoms with Gasteiger partial charge in [0.2, 0.25) is 0 Å². The van der Waals surface area contributed by atoms with Gasteiger partial charge in [-0.1, -0.05) is 11.6 Å². The van der Waals surface area contributed by atoms with Crippen molar-refractivity contribution in [1.29, 1.82) is 0 Å². The molecular formula is C13H24ClN3O. The molecule has 0 aliphatic carbocycles. The first-order chi connectivity index (χ1) is 8.24. The number of ether oxygens (including phenoxy) is 1. The van der Waals surface area contributed by atoms with E-state index in [0.29, 0.717) is 13.0 Å². The van der Waals surface area contributed by atoms with E-state index in [4.69, 9.17) is 22.1 Å². The fourth-order valence-electron chi connectivity index (χ4n) is 1.73. The minimum absolute atomic E-state index is 0.0666. The summed E-state index contributed by atoms with van der Waals surface area (Å²) in [5.41, 5.74) is 7.79. The van der Waals surface area contributed by atoms with Gasteiger partial charge in [-0.3, -0.25) is 4.68 Å². The second kappa shape index (κ2) is 6.04.